The summed E-state index contributed by atoms with van der Waals surface area (Å²) < 4.78 is 10.6. The molecule has 5 nitrogen and oxygen atoms in total. The summed E-state index contributed by atoms with van der Waals surface area (Å²) >= 11 is 0. The third-order valence-electron chi connectivity index (χ3n) is 3.15. The lowest BCUT2D eigenvalue weighted by Gasteiger charge is -2.15. The Balaban J connectivity index is 1.99. The number of phenols is 1. The number of carbonyl (C=O) groups excluding carboxylic acids is 1. The van der Waals surface area contributed by atoms with Crippen molar-refractivity contribution in [3.8, 4) is 17.2 Å². The molecule has 0 radical (unpaired) electrons. The zero-order valence-corrected chi connectivity index (χ0v) is 12.8. The molecule has 1 unspecified atom stereocenters. The second-order valence-electron chi connectivity index (χ2n) is 4.95. The molecule has 0 spiro atoms. The third kappa shape index (κ3) is 3.91. The van der Waals surface area contributed by atoms with Crippen LogP contribution in [-0.2, 0) is 4.79 Å². The average Bonchev–Trinajstić information content (AvgIpc) is 2.50. The molecule has 2 aromatic carbocycles. The van der Waals surface area contributed by atoms with Crippen LogP contribution in [0.2, 0.25) is 0 Å². The number of aryl methyl sites for hydroxylation is 1. The van der Waals surface area contributed by atoms with E-state index in [-0.39, 0.29) is 11.7 Å². The number of carbonyl (C=O) groups is 1. The molecule has 2 rings (SSSR count). The molecule has 5 heteroatoms. The van der Waals surface area contributed by atoms with Gasteiger partial charge in [-0.05, 0) is 55.8 Å². The number of anilines is 1. The zero-order valence-electron chi connectivity index (χ0n) is 12.8. The summed E-state index contributed by atoms with van der Waals surface area (Å²) in [5.41, 5.74) is 1.28. The van der Waals surface area contributed by atoms with Gasteiger partial charge in [-0.1, -0.05) is 6.07 Å². The van der Waals surface area contributed by atoms with Gasteiger partial charge in [0.1, 0.15) is 17.2 Å². The second-order valence-corrected chi connectivity index (χ2v) is 4.95. The predicted molar refractivity (Wildman–Crippen MR) is 84.6 cm³/mol. The number of hydrogen-bond acceptors (Lipinski definition) is 4. The lowest BCUT2D eigenvalue weighted by atomic mass is 10.2. The molecule has 0 saturated heterocycles. The topological polar surface area (TPSA) is 67.8 Å². The molecule has 1 amide bonds. The highest BCUT2D eigenvalue weighted by atomic mass is 16.5. The number of phenolic OH excluding ortho intramolecular Hbond substituents is 1. The second kappa shape index (κ2) is 6.85. The summed E-state index contributed by atoms with van der Waals surface area (Å²) in [6.07, 6.45) is -0.700. The Labute approximate surface area is 129 Å². The molecule has 0 fully saturated rings. The zero-order chi connectivity index (χ0) is 16.1. The van der Waals surface area contributed by atoms with Crippen molar-refractivity contribution in [2.24, 2.45) is 0 Å². The van der Waals surface area contributed by atoms with Crippen molar-refractivity contribution in [2.75, 3.05) is 12.4 Å². The number of aromatic hydroxyl groups is 1. The minimum absolute atomic E-state index is 0.0324. The first-order valence-corrected chi connectivity index (χ1v) is 6.91. The fourth-order valence-corrected chi connectivity index (χ4v) is 1.89. The molecule has 0 heterocycles. The fourth-order valence-electron chi connectivity index (χ4n) is 1.89. The number of nitrogens with one attached hydrogen (secondary N) is 1. The molecule has 1 atom stereocenters. The van der Waals surface area contributed by atoms with Crippen LogP contribution >= 0.6 is 0 Å². The van der Waals surface area contributed by atoms with Gasteiger partial charge in [0.05, 0.1) is 12.8 Å². The summed E-state index contributed by atoms with van der Waals surface area (Å²) in [5.74, 6) is 0.977. The molecule has 0 saturated carbocycles. The van der Waals surface area contributed by atoms with Crippen molar-refractivity contribution in [3.63, 3.8) is 0 Å². The predicted octanol–water partition coefficient (Wildman–Crippen LogP) is 3.12. The Bertz CT molecular complexity index is 652. The summed E-state index contributed by atoms with van der Waals surface area (Å²) in [6.45, 7) is 3.51. The van der Waals surface area contributed by atoms with E-state index >= 15 is 0 Å². The van der Waals surface area contributed by atoms with Crippen molar-refractivity contribution >= 4 is 11.6 Å². The van der Waals surface area contributed by atoms with Crippen LogP contribution in [0.25, 0.3) is 0 Å². The maximum Gasteiger partial charge on any atom is 0.265 e. The van der Waals surface area contributed by atoms with E-state index in [0.717, 1.165) is 5.56 Å². The molecule has 2 N–H and O–H groups in total. The van der Waals surface area contributed by atoms with Crippen molar-refractivity contribution in [3.05, 3.63) is 48.0 Å². The van der Waals surface area contributed by atoms with E-state index in [1.807, 2.05) is 13.0 Å². The number of ether oxygens (including phenoxy) is 2. The lowest BCUT2D eigenvalue weighted by molar-refractivity contribution is -0.122. The van der Waals surface area contributed by atoms with Crippen LogP contribution in [0.5, 0.6) is 17.2 Å². The van der Waals surface area contributed by atoms with Crippen molar-refractivity contribution < 1.29 is 19.4 Å². The standard InChI is InChI=1S/C17H19NO4/c1-11-4-9-15(16(19)10-11)18-17(20)12(2)22-14-7-5-13(21-3)6-8-14/h4-10,12,19H,1-3H3,(H,18,20). The molecular formula is C17H19NO4. The van der Waals surface area contributed by atoms with E-state index < -0.39 is 6.10 Å². The smallest absolute Gasteiger partial charge is 0.265 e. The first-order valence-electron chi connectivity index (χ1n) is 6.91. The van der Waals surface area contributed by atoms with Crippen LogP contribution in [0, 0.1) is 6.92 Å². The quantitative estimate of drug-likeness (QED) is 0.833. The summed E-state index contributed by atoms with van der Waals surface area (Å²) in [5, 5.41) is 12.4. The minimum Gasteiger partial charge on any atom is -0.506 e. The number of amides is 1. The summed E-state index contributed by atoms with van der Waals surface area (Å²) in [4.78, 5) is 12.1. The van der Waals surface area contributed by atoms with Crippen LogP contribution < -0.4 is 14.8 Å². The van der Waals surface area contributed by atoms with E-state index in [4.69, 9.17) is 9.47 Å². The fraction of sp³-hybridized carbons (Fsp3) is 0.235. The highest BCUT2D eigenvalue weighted by Crippen LogP contribution is 2.24. The van der Waals surface area contributed by atoms with Gasteiger partial charge >= 0.3 is 0 Å². The summed E-state index contributed by atoms with van der Waals surface area (Å²) in [7, 11) is 1.58. The van der Waals surface area contributed by atoms with Gasteiger partial charge in [0.2, 0.25) is 0 Å². The highest BCUT2D eigenvalue weighted by molar-refractivity contribution is 5.95. The molecule has 0 aliphatic heterocycles. The van der Waals surface area contributed by atoms with E-state index in [9.17, 15) is 9.90 Å². The van der Waals surface area contributed by atoms with Crippen molar-refractivity contribution in [2.45, 2.75) is 20.0 Å². The average molecular weight is 301 g/mol. The molecule has 116 valence electrons. The van der Waals surface area contributed by atoms with Gasteiger partial charge < -0.3 is 19.9 Å². The van der Waals surface area contributed by atoms with Gasteiger partial charge in [0, 0.05) is 0 Å². The molecule has 0 aliphatic rings. The van der Waals surface area contributed by atoms with Crippen LogP contribution in [-0.4, -0.2) is 24.2 Å². The number of rotatable bonds is 5. The maximum absolute atomic E-state index is 12.1. The minimum atomic E-state index is -0.700. The molecule has 0 bridgehead atoms. The van der Waals surface area contributed by atoms with E-state index in [1.165, 1.54) is 0 Å². The van der Waals surface area contributed by atoms with Gasteiger partial charge in [-0.3, -0.25) is 4.79 Å². The Morgan fingerprint density at radius 1 is 1.14 bits per heavy atom. The largest absolute Gasteiger partial charge is 0.506 e. The Hall–Kier alpha value is -2.69. The van der Waals surface area contributed by atoms with Crippen molar-refractivity contribution in [1.29, 1.82) is 0 Å². The Morgan fingerprint density at radius 3 is 2.36 bits per heavy atom. The highest BCUT2D eigenvalue weighted by Gasteiger charge is 2.16. The van der Waals surface area contributed by atoms with Gasteiger partial charge in [-0.2, -0.15) is 0 Å². The van der Waals surface area contributed by atoms with Gasteiger partial charge in [0.15, 0.2) is 6.10 Å². The van der Waals surface area contributed by atoms with E-state index in [0.29, 0.717) is 17.2 Å². The molecular weight excluding hydrogens is 282 g/mol. The monoisotopic (exact) mass is 301 g/mol. The van der Waals surface area contributed by atoms with E-state index in [1.54, 1.807) is 50.4 Å². The third-order valence-corrected chi connectivity index (χ3v) is 3.15. The molecule has 0 aliphatic carbocycles. The first kappa shape index (κ1) is 15.7. The van der Waals surface area contributed by atoms with Gasteiger partial charge in [-0.15, -0.1) is 0 Å². The van der Waals surface area contributed by atoms with Crippen LogP contribution in [0.1, 0.15) is 12.5 Å². The van der Waals surface area contributed by atoms with Gasteiger partial charge in [0.25, 0.3) is 5.91 Å². The number of hydrogen-bond donors (Lipinski definition) is 2. The van der Waals surface area contributed by atoms with Crippen LogP contribution in [0.15, 0.2) is 42.5 Å². The molecule has 0 aromatic heterocycles. The van der Waals surface area contributed by atoms with Crippen LogP contribution in [0.3, 0.4) is 0 Å². The summed E-state index contributed by atoms with van der Waals surface area (Å²) in [6, 6.07) is 12.0. The van der Waals surface area contributed by atoms with E-state index in [2.05, 4.69) is 5.32 Å². The molecule has 2 aromatic rings. The lowest BCUT2D eigenvalue weighted by Crippen LogP contribution is -2.30. The first-order chi connectivity index (χ1) is 10.5. The Kier molecular flexibility index (Phi) is 4.88. The number of methoxy groups -OCH3 is 1. The number of benzene rings is 2. The van der Waals surface area contributed by atoms with Crippen LogP contribution in [0.4, 0.5) is 5.69 Å². The normalized spacial score (nSPS) is 11.6. The van der Waals surface area contributed by atoms with Crippen molar-refractivity contribution in [1.82, 2.24) is 0 Å². The maximum atomic E-state index is 12.1. The Morgan fingerprint density at radius 2 is 1.77 bits per heavy atom. The SMILES string of the molecule is COc1ccc(OC(C)C(=O)Nc2ccc(C)cc2O)cc1. The molecule has 22 heavy (non-hydrogen) atoms. The van der Waals surface area contributed by atoms with Gasteiger partial charge in [-0.25, -0.2) is 0 Å².